The average molecular weight is 372 g/mol. The number of rotatable bonds is 4. The minimum Gasteiger partial charge on any atom is -0.306 e. The number of hydrogen-bond acceptors (Lipinski definition) is 3. The van der Waals surface area contributed by atoms with Crippen LogP contribution in [0.5, 0.6) is 0 Å². The summed E-state index contributed by atoms with van der Waals surface area (Å²) in [4.78, 5) is 0. The van der Waals surface area contributed by atoms with Crippen LogP contribution < -0.4 is 0 Å². The number of alkyl halides is 1. The van der Waals surface area contributed by atoms with Gasteiger partial charge in [0.15, 0.2) is 5.16 Å². The fourth-order valence-corrected chi connectivity index (χ4v) is 5.88. The smallest absolute Gasteiger partial charge is 0.191 e. The molecule has 0 spiro atoms. The Morgan fingerprint density at radius 2 is 1.76 bits per heavy atom. The van der Waals surface area contributed by atoms with Gasteiger partial charge >= 0.3 is 0 Å². The van der Waals surface area contributed by atoms with Gasteiger partial charge in [-0.3, -0.25) is 0 Å². The molecule has 1 aliphatic carbocycles. The molecule has 0 aromatic carbocycles. The molecule has 1 aliphatic heterocycles. The highest BCUT2D eigenvalue weighted by Gasteiger charge is 2.31. The quantitative estimate of drug-likeness (QED) is 0.431. The van der Waals surface area contributed by atoms with Gasteiger partial charge in [0.1, 0.15) is 5.82 Å². The van der Waals surface area contributed by atoms with Crippen molar-refractivity contribution in [2.24, 2.45) is 5.41 Å². The number of hydrogen-bond donors (Lipinski definition) is 0. The van der Waals surface area contributed by atoms with Crippen LogP contribution in [0.4, 0.5) is 0 Å². The molecule has 5 heteroatoms. The standard InChI is InChI=1S/C16H26BrN3S/c17-12-16(9-5-1-2-6-10-16)13-21-15-19-18-14-8-4-3-7-11-20(14)15/h1-13H2. The summed E-state index contributed by atoms with van der Waals surface area (Å²) in [7, 11) is 0. The molecule has 2 aliphatic rings. The Labute approximate surface area is 140 Å². The monoisotopic (exact) mass is 371 g/mol. The Balaban J connectivity index is 1.67. The van der Waals surface area contributed by atoms with E-state index in [0.717, 1.165) is 23.5 Å². The second-order valence-corrected chi connectivity index (χ2v) is 8.20. The third kappa shape index (κ3) is 3.84. The third-order valence-electron chi connectivity index (χ3n) is 5.03. The van der Waals surface area contributed by atoms with Crippen LogP contribution in [0.3, 0.4) is 0 Å². The van der Waals surface area contributed by atoms with E-state index in [1.54, 1.807) is 0 Å². The first-order chi connectivity index (χ1) is 10.3. The second-order valence-electron chi connectivity index (χ2n) is 6.70. The van der Waals surface area contributed by atoms with Gasteiger partial charge in [-0.2, -0.15) is 0 Å². The van der Waals surface area contributed by atoms with Crippen molar-refractivity contribution in [3.8, 4) is 0 Å². The summed E-state index contributed by atoms with van der Waals surface area (Å²) in [5.41, 5.74) is 0.471. The van der Waals surface area contributed by atoms with Crippen LogP contribution in [0.2, 0.25) is 0 Å². The summed E-state index contributed by atoms with van der Waals surface area (Å²) in [6.07, 6.45) is 13.3. The van der Waals surface area contributed by atoms with Crippen LogP contribution in [-0.2, 0) is 13.0 Å². The van der Waals surface area contributed by atoms with E-state index < -0.39 is 0 Å². The van der Waals surface area contributed by atoms with Gasteiger partial charge in [0.05, 0.1) is 0 Å². The molecule has 0 N–H and O–H groups in total. The maximum Gasteiger partial charge on any atom is 0.191 e. The topological polar surface area (TPSA) is 30.7 Å². The van der Waals surface area contributed by atoms with Crippen molar-refractivity contribution in [1.82, 2.24) is 14.8 Å². The molecule has 118 valence electrons. The fraction of sp³-hybridized carbons (Fsp3) is 0.875. The van der Waals surface area contributed by atoms with Crippen molar-refractivity contribution < 1.29 is 0 Å². The molecule has 1 saturated carbocycles. The van der Waals surface area contributed by atoms with Crippen molar-refractivity contribution in [3.05, 3.63) is 5.82 Å². The number of halogens is 1. The zero-order valence-electron chi connectivity index (χ0n) is 12.8. The zero-order valence-corrected chi connectivity index (χ0v) is 15.2. The molecule has 1 aromatic heterocycles. The molecule has 3 nitrogen and oxygen atoms in total. The van der Waals surface area contributed by atoms with Gasteiger partial charge in [0, 0.05) is 24.0 Å². The molecule has 0 radical (unpaired) electrons. The normalized spacial score (nSPS) is 22.3. The van der Waals surface area contributed by atoms with E-state index in [-0.39, 0.29) is 0 Å². The molecule has 2 heterocycles. The van der Waals surface area contributed by atoms with Gasteiger partial charge in [-0.05, 0) is 31.1 Å². The number of nitrogens with zero attached hydrogens (tertiary/aromatic N) is 3. The van der Waals surface area contributed by atoms with Gasteiger partial charge in [-0.25, -0.2) is 0 Å². The van der Waals surface area contributed by atoms with Gasteiger partial charge in [-0.15, -0.1) is 10.2 Å². The van der Waals surface area contributed by atoms with E-state index in [2.05, 4.69) is 30.7 Å². The van der Waals surface area contributed by atoms with Crippen LogP contribution in [0, 0.1) is 5.41 Å². The predicted octanol–water partition coefficient (Wildman–Crippen LogP) is 4.83. The van der Waals surface area contributed by atoms with Crippen LogP contribution >= 0.6 is 27.7 Å². The van der Waals surface area contributed by atoms with Gasteiger partial charge in [-0.1, -0.05) is 59.8 Å². The summed E-state index contributed by atoms with van der Waals surface area (Å²) < 4.78 is 2.39. The van der Waals surface area contributed by atoms with Gasteiger partial charge in [0.2, 0.25) is 0 Å². The van der Waals surface area contributed by atoms with E-state index in [1.807, 2.05) is 11.8 Å². The molecule has 3 rings (SSSR count). The Hall–Kier alpha value is -0.0300. The lowest BCUT2D eigenvalue weighted by molar-refractivity contribution is 0.334. The van der Waals surface area contributed by atoms with Crippen LogP contribution in [0.1, 0.15) is 63.6 Å². The number of thioether (sulfide) groups is 1. The highest BCUT2D eigenvalue weighted by atomic mass is 79.9. The minimum absolute atomic E-state index is 0.471. The van der Waals surface area contributed by atoms with Crippen molar-refractivity contribution in [3.63, 3.8) is 0 Å². The van der Waals surface area contributed by atoms with Crippen molar-refractivity contribution in [1.29, 1.82) is 0 Å². The molecule has 0 saturated heterocycles. The third-order valence-corrected chi connectivity index (χ3v) is 7.54. The van der Waals surface area contributed by atoms with E-state index in [0.29, 0.717) is 5.41 Å². The lowest BCUT2D eigenvalue weighted by Gasteiger charge is -2.30. The lowest BCUT2D eigenvalue weighted by atomic mass is 9.85. The lowest BCUT2D eigenvalue weighted by Crippen LogP contribution is -2.25. The summed E-state index contributed by atoms with van der Waals surface area (Å²) >= 11 is 5.75. The van der Waals surface area contributed by atoms with Crippen molar-refractivity contribution in [2.45, 2.75) is 75.9 Å². The van der Waals surface area contributed by atoms with Crippen LogP contribution in [0.25, 0.3) is 0 Å². The van der Waals surface area contributed by atoms with Crippen molar-refractivity contribution in [2.75, 3.05) is 11.1 Å². The van der Waals surface area contributed by atoms with Crippen LogP contribution in [-0.4, -0.2) is 25.8 Å². The highest BCUT2D eigenvalue weighted by Crippen LogP contribution is 2.41. The maximum absolute atomic E-state index is 4.47. The number of aryl methyl sites for hydroxylation is 1. The first-order valence-electron chi connectivity index (χ1n) is 8.44. The Bertz CT molecular complexity index is 452. The molecular weight excluding hydrogens is 346 g/mol. The highest BCUT2D eigenvalue weighted by molar-refractivity contribution is 9.09. The van der Waals surface area contributed by atoms with Gasteiger partial charge < -0.3 is 4.57 Å². The first-order valence-corrected chi connectivity index (χ1v) is 10.5. The SMILES string of the molecule is BrCC1(CSc2nnc3n2CCCCC3)CCCCCC1. The summed E-state index contributed by atoms with van der Waals surface area (Å²) in [5.74, 6) is 2.40. The maximum atomic E-state index is 4.47. The summed E-state index contributed by atoms with van der Waals surface area (Å²) in [5, 5.41) is 11.2. The number of aromatic nitrogens is 3. The van der Waals surface area contributed by atoms with Crippen molar-refractivity contribution >= 4 is 27.7 Å². The van der Waals surface area contributed by atoms with E-state index in [4.69, 9.17) is 0 Å². The molecule has 0 atom stereocenters. The largest absolute Gasteiger partial charge is 0.306 e. The predicted molar refractivity (Wildman–Crippen MR) is 92.2 cm³/mol. The van der Waals surface area contributed by atoms with E-state index in [1.165, 1.54) is 69.4 Å². The molecular formula is C16H26BrN3S. The molecule has 21 heavy (non-hydrogen) atoms. The molecule has 0 amide bonds. The van der Waals surface area contributed by atoms with E-state index in [9.17, 15) is 0 Å². The molecule has 1 fully saturated rings. The summed E-state index contributed by atoms with van der Waals surface area (Å²) in [6.45, 7) is 1.12. The fourth-order valence-electron chi connectivity index (χ4n) is 3.58. The minimum atomic E-state index is 0.471. The molecule has 0 bridgehead atoms. The Morgan fingerprint density at radius 3 is 2.52 bits per heavy atom. The first kappa shape index (κ1) is 15.9. The Morgan fingerprint density at radius 1 is 1.00 bits per heavy atom. The Kier molecular flexibility index (Phi) is 5.66. The zero-order chi connectivity index (χ0) is 14.5. The molecule has 0 unspecified atom stereocenters. The number of fused-ring (bicyclic) bond motifs is 1. The average Bonchev–Trinajstić information content (AvgIpc) is 2.72. The second kappa shape index (κ2) is 7.49. The van der Waals surface area contributed by atoms with Crippen LogP contribution in [0.15, 0.2) is 5.16 Å². The van der Waals surface area contributed by atoms with Gasteiger partial charge in [0.25, 0.3) is 0 Å². The summed E-state index contributed by atoms with van der Waals surface area (Å²) in [6, 6.07) is 0. The van der Waals surface area contributed by atoms with E-state index >= 15 is 0 Å². The molecule has 1 aromatic rings.